The van der Waals surface area contributed by atoms with Crippen LogP contribution in [0.25, 0.3) is 11.2 Å². The van der Waals surface area contributed by atoms with E-state index in [1.165, 1.54) is 18.3 Å². The van der Waals surface area contributed by atoms with Crippen LogP contribution in [0.1, 0.15) is 18.8 Å². The van der Waals surface area contributed by atoms with Gasteiger partial charge in [-0.25, -0.2) is 14.8 Å². The van der Waals surface area contributed by atoms with Crippen LogP contribution in [0.3, 0.4) is 0 Å². The minimum Gasteiger partial charge on any atom is -0.480 e. The summed E-state index contributed by atoms with van der Waals surface area (Å²) in [6.45, 7) is 1.15. The normalized spacial score (nSPS) is 13.8. The average molecular weight is 259 g/mol. The molecule has 96 valence electrons. The summed E-state index contributed by atoms with van der Waals surface area (Å²) in [7, 11) is 0. The van der Waals surface area contributed by atoms with Crippen LogP contribution in [0.4, 0.5) is 13.2 Å². The Balaban J connectivity index is 2.77. The van der Waals surface area contributed by atoms with Gasteiger partial charge in [0.15, 0.2) is 5.65 Å². The first-order chi connectivity index (χ1) is 8.32. The van der Waals surface area contributed by atoms with Crippen LogP contribution in [0.15, 0.2) is 18.3 Å². The zero-order chi connectivity index (χ0) is 13.5. The van der Waals surface area contributed by atoms with E-state index < -0.39 is 24.0 Å². The molecule has 0 aliphatic carbocycles. The summed E-state index contributed by atoms with van der Waals surface area (Å²) >= 11 is 0. The summed E-state index contributed by atoms with van der Waals surface area (Å²) in [5.41, 5.74) is -0.0855. The van der Waals surface area contributed by atoms with Crippen molar-refractivity contribution in [3.63, 3.8) is 0 Å². The van der Waals surface area contributed by atoms with Gasteiger partial charge in [-0.15, -0.1) is 0 Å². The Hall–Kier alpha value is -2.12. The summed E-state index contributed by atoms with van der Waals surface area (Å²) < 4.78 is 39.0. The largest absolute Gasteiger partial charge is 0.480 e. The summed E-state index contributed by atoms with van der Waals surface area (Å²) in [4.78, 5) is 18.0. The second-order valence-corrected chi connectivity index (χ2v) is 3.66. The van der Waals surface area contributed by atoms with E-state index in [-0.39, 0.29) is 11.2 Å². The van der Waals surface area contributed by atoms with Gasteiger partial charge in [0.25, 0.3) is 0 Å². The fourth-order valence-electron chi connectivity index (χ4n) is 1.61. The molecule has 1 unspecified atom stereocenters. The molecule has 8 heteroatoms. The van der Waals surface area contributed by atoms with E-state index in [1.54, 1.807) is 0 Å². The number of hydrogen-bond acceptors (Lipinski definition) is 3. The molecule has 2 heterocycles. The lowest BCUT2D eigenvalue weighted by Crippen LogP contribution is -2.23. The minimum atomic E-state index is -4.73. The van der Waals surface area contributed by atoms with E-state index in [9.17, 15) is 18.0 Å². The van der Waals surface area contributed by atoms with Crippen molar-refractivity contribution in [3.05, 3.63) is 24.2 Å². The number of fused-ring (bicyclic) bond motifs is 1. The lowest BCUT2D eigenvalue weighted by atomic mass is 10.3. The van der Waals surface area contributed by atoms with Gasteiger partial charge in [-0.3, -0.25) is 4.57 Å². The van der Waals surface area contributed by atoms with Crippen molar-refractivity contribution in [2.75, 3.05) is 0 Å². The summed E-state index contributed by atoms with van der Waals surface area (Å²) in [6, 6.07) is 1.38. The van der Waals surface area contributed by atoms with E-state index in [2.05, 4.69) is 9.97 Å². The quantitative estimate of drug-likeness (QED) is 0.896. The van der Waals surface area contributed by atoms with Crippen LogP contribution in [0, 0.1) is 0 Å². The Morgan fingerprint density at radius 3 is 2.72 bits per heavy atom. The Labute approximate surface area is 98.9 Å². The Bertz CT molecular complexity index is 606. The van der Waals surface area contributed by atoms with Crippen LogP contribution >= 0.6 is 0 Å². The van der Waals surface area contributed by atoms with Gasteiger partial charge >= 0.3 is 12.1 Å². The number of nitrogens with zero attached hydrogens (tertiary/aromatic N) is 3. The van der Waals surface area contributed by atoms with Gasteiger partial charge in [-0.1, -0.05) is 0 Å². The number of aromatic nitrogens is 3. The highest BCUT2D eigenvalue weighted by molar-refractivity contribution is 5.77. The molecule has 0 saturated heterocycles. The number of carbonyl (C=O) groups is 1. The lowest BCUT2D eigenvalue weighted by Gasteiger charge is -2.14. The SMILES string of the molecule is CC(C(=O)O)n1c(C(F)(F)F)nc2cccnc21. The second-order valence-electron chi connectivity index (χ2n) is 3.66. The molecule has 0 bridgehead atoms. The monoisotopic (exact) mass is 259 g/mol. The minimum absolute atomic E-state index is 0.0120. The standard InChI is InChI=1S/C10H8F3N3O2/c1-5(8(17)18)16-7-6(3-2-4-14-7)15-9(16)10(11,12)13/h2-5H,1H3,(H,17,18). The lowest BCUT2D eigenvalue weighted by molar-refractivity contribution is -0.150. The van der Waals surface area contributed by atoms with Crippen LogP contribution in [-0.4, -0.2) is 25.6 Å². The fraction of sp³-hybridized carbons (Fsp3) is 0.300. The molecule has 0 aromatic carbocycles. The first-order valence-corrected chi connectivity index (χ1v) is 4.95. The van der Waals surface area contributed by atoms with Crippen molar-refractivity contribution in [1.82, 2.24) is 14.5 Å². The average Bonchev–Trinajstić information content (AvgIpc) is 2.66. The smallest absolute Gasteiger partial charge is 0.449 e. The van der Waals surface area contributed by atoms with Gasteiger partial charge in [0, 0.05) is 6.20 Å². The molecule has 18 heavy (non-hydrogen) atoms. The number of imidazole rings is 1. The molecule has 5 nitrogen and oxygen atoms in total. The first kappa shape index (κ1) is 12.3. The highest BCUT2D eigenvalue weighted by Crippen LogP contribution is 2.32. The van der Waals surface area contributed by atoms with E-state index >= 15 is 0 Å². The second kappa shape index (κ2) is 3.97. The highest BCUT2D eigenvalue weighted by Gasteiger charge is 2.40. The van der Waals surface area contributed by atoms with Gasteiger partial charge in [0.05, 0.1) is 0 Å². The third kappa shape index (κ3) is 1.89. The summed E-state index contributed by atoms with van der Waals surface area (Å²) in [5.74, 6) is -2.64. The molecular formula is C10H8F3N3O2. The van der Waals surface area contributed by atoms with E-state index in [0.29, 0.717) is 4.57 Å². The summed E-state index contributed by atoms with van der Waals surface area (Å²) in [5, 5.41) is 8.86. The molecule has 1 atom stereocenters. The maximum absolute atomic E-state index is 12.8. The van der Waals surface area contributed by atoms with E-state index in [0.717, 1.165) is 6.92 Å². The molecule has 1 N–H and O–H groups in total. The molecular weight excluding hydrogens is 251 g/mol. The number of alkyl halides is 3. The van der Waals surface area contributed by atoms with Gasteiger partial charge in [-0.2, -0.15) is 13.2 Å². The van der Waals surface area contributed by atoms with Gasteiger partial charge in [0.2, 0.25) is 5.82 Å². The maximum atomic E-state index is 12.8. The zero-order valence-electron chi connectivity index (χ0n) is 9.14. The number of aliphatic carboxylic acids is 1. The van der Waals surface area contributed by atoms with Crippen LogP contribution < -0.4 is 0 Å². The molecule has 0 amide bonds. The third-order valence-corrected chi connectivity index (χ3v) is 2.45. The van der Waals surface area contributed by atoms with Gasteiger partial charge in [-0.05, 0) is 19.1 Å². The van der Waals surface area contributed by atoms with Crippen molar-refractivity contribution in [2.45, 2.75) is 19.1 Å². The van der Waals surface area contributed by atoms with E-state index in [1.807, 2.05) is 0 Å². The topological polar surface area (TPSA) is 68.0 Å². The van der Waals surface area contributed by atoms with Crippen molar-refractivity contribution >= 4 is 17.1 Å². The van der Waals surface area contributed by atoms with Crippen LogP contribution in [0.2, 0.25) is 0 Å². The Morgan fingerprint density at radius 2 is 2.17 bits per heavy atom. The number of pyridine rings is 1. The molecule has 2 aromatic rings. The number of halogens is 3. The van der Waals surface area contributed by atoms with Gasteiger partial charge < -0.3 is 5.11 Å². The molecule has 0 aliphatic rings. The first-order valence-electron chi connectivity index (χ1n) is 4.95. The molecule has 0 spiro atoms. The predicted molar refractivity (Wildman–Crippen MR) is 54.9 cm³/mol. The number of carboxylic acid groups (broad SMARTS) is 1. The number of hydrogen-bond donors (Lipinski definition) is 1. The number of carboxylic acids is 1. The zero-order valence-corrected chi connectivity index (χ0v) is 9.14. The van der Waals surface area contributed by atoms with Crippen molar-refractivity contribution in [2.24, 2.45) is 0 Å². The summed E-state index contributed by atoms with van der Waals surface area (Å²) in [6.07, 6.45) is -3.44. The number of rotatable bonds is 2. The van der Waals surface area contributed by atoms with Crippen molar-refractivity contribution in [3.8, 4) is 0 Å². The molecule has 0 saturated carbocycles. The predicted octanol–water partition coefficient (Wildman–Crippen LogP) is 2.10. The van der Waals surface area contributed by atoms with E-state index in [4.69, 9.17) is 5.11 Å². The Kier molecular flexibility index (Phi) is 2.72. The maximum Gasteiger partial charge on any atom is 0.449 e. The van der Waals surface area contributed by atoms with Gasteiger partial charge in [0.1, 0.15) is 11.6 Å². The van der Waals surface area contributed by atoms with Crippen LogP contribution in [0.5, 0.6) is 0 Å². The Morgan fingerprint density at radius 1 is 1.50 bits per heavy atom. The molecule has 0 fully saturated rings. The third-order valence-electron chi connectivity index (χ3n) is 2.45. The fourth-order valence-corrected chi connectivity index (χ4v) is 1.61. The molecule has 0 radical (unpaired) electrons. The van der Waals surface area contributed by atoms with Crippen molar-refractivity contribution < 1.29 is 23.1 Å². The highest BCUT2D eigenvalue weighted by atomic mass is 19.4. The molecule has 0 aliphatic heterocycles. The molecule has 2 rings (SSSR count). The molecule has 2 aromatic heterocycles. The van der Waals surface area contributed by atoms with Crippen LogP contribution in [-0.2, 0) is 11.0 Å². The van der Waals surface area contributed by atoms with Crippen molar-refractivity contribution in [1.29, 1.82) is 0 Å².